The van der Waals surface area contributed by atoms with E-state index in [0.717, 1.165) is 17.7 Å². The van der Waals surface area contributed by atoms with Gasteiger partial charge in [0.05, 0.1) is 13.7 Å². The number of ether oxygens (including phenoxy) is 1. The van der Waals surface area contributed by atoms with Gasteiger partial charge < -0.3 is 15.4 Å². The molecule has 0 aromatic heterocycles. The number of anilines is 1. The first kappa shape index (κ1) is 15.8. The van der Waals surface area contributed by atoms with Crippen LogP contribution >= 0.6 is 0 Å². The molecule has 0 aliphatic rings. The Hall–Kier alpha value is -2.56. The Kier molecular flexibility index (Phi) is 5.77. The zero-order valence-corrected chi connectivity index (χ0v) is 12.4. The van der Waals surface area contributed by atoms with E-state index in [2.05, 4.69) is 10.6 Å². The number of rotatable bonds is 7. The molecule has 0 saturated heterocycles. The quantitative estimate of drug-likeness (QED) is 0.826. The third-order valence-corrected chi connectivity index (χ3v) is 3.17. The Bertz CT molecular complexity index is 614. The molecule has 0 fully saturated rings. The monoisotopic (exact) mass is 302 g/mol. The fraction of sp³-hybridized carbons (Fsp3) is 0.235. The normalized spacial score (nSPS) is 10.1. The maximum atomic E-state index is 13.0. The van der Waals surface area contributed by atoms with E-state index in [1.54, 1.807) is 19.2 Å². The van der Waals surface area contributed by atoms with Crippen molar-refractivity contribution in [3.8, 4) is 5.75 Å². The Balaban J connectivity index is 1.69. The Labute approximate surface area is 129 Å². The number of nitrogens with one attached hydrogen (secondary N) is 2. The van der Waals surface area contributed by atoms with E-state index in [-0.39, 0.29) is 18.3 Å². The lowest BCUT2D eigenvalue weighted by Gasteiger charge is -2.08. The van der Waals surface area contributed by atoms with Gasteiger partial charge >= 0.3 is 0 Å². The number of amides is 1. The first-order valence-corrected chi connectivity index (χ1v) is 7.06. The van der Waals surface area contributed by atoms with Crippen molar-refractivity contribution in [1.82, 2.24) is 5.32 Å². The summed E-state index contributed by atoms with van der Waals surface area (Å²) < 4.78 is 18.1. The summed E-state index contributed by atoms with van der Waals surface area (Å²) in [6, 6.07) is 13.7. The summed E-state index contributed by atoms with van der Waals surface area (Å²) >= 11 is 0. The van der Waals surface area contributed by atoms with E-state index < -0.39 is 0 Å². The molecule has 0 unspecified atom stereocenters. The lowest BCUT2D eigenvalue weighted by Crippen LogP contribution is -2.31. The molecule has 0 radical (unpaired) electrons. The van der Waals surface area contributed by atoms with Crippen LogP contribution in [-0.4, -0.2) is 26.1 Å². The van der Waals surface area contributed by atoms with Gasteiger partial charge in [0.2, 0.25) is 5.91 Å². The molecule has 0 heterocycles. The van der Waals surface area contributed by atoms with Crippen molar-refractivity contribution < 1.29 is 13.9 Å². The standard InChI is InChI=1S/C17H19FN2O2/c1-22-16-7-5-13(6-8-16)9-10-19-17(21)12-20-15-4-2-3-14(18)11-15/h2-8,11,20H,9-10,12H2,1H3,(H,19,21). The first-order chi connectivity index (χ1) is 10.7. The number of hydrogen-bond donors (Lipinski definition) is 2. The van der Waals surface area contributed by atoms with Crippen molar-refractivity contribution in [1.29, 1.82) is 0 Å². The average molecular weight is 302 g/mol. The molecule has 2 rings (SSSR count). The van der Waals surface area contributed by atoms with Gasteiger partial charge in [-0.05, 0) is 42.3 Å². The number of hydrogen-bond acceptors (Lipinski definition) is 3. The van der Waals surface area contributed by atoms with E-state index in [4.69, 9.17) is 4.74 Å². The number of carbonyl (C=O) groups excluding carboxylic acids is 1. The fourth-order valence-corrected chi connectivity index (χ4v) is 1.98. The highest BCUT2D eigenvalue weighted by Crippen LogP contribution is 2.11. The fourth-order valence-electron chi connectivity index (χ4n) is 1.98. The third-order valence-electron chi connectivity index (χ3n) is 3.17. The SMILES string of the molecule is COc1ccc(CCNC(=O)CNc2cccc(F)c2)cc1. The zero-order chi connectivity index (χ0) is 15.8. The lowest BCUT2D eigenvalue weighted by molar-refractivity contribution is -0.119. The molecule has 22 heavy (non-hydrogen) atoms. The topological polar surface area (TPSA) is 50.4 Å². The minimum Gasteiger partial charge on any atom is -0.497 e. The van der Waals surface area contributed by atoms with Gasteiger partial charge in [-0.15, -0.1) is 0 Å². The van der Waals surface area contributed by atoms with Gasteiger partial charge in [0.1, 0.15) is 11.6 Å². The molecule has 0 aliphatic carbocycles. The molecule has 2 aromatic rings. The summed E-state index contributed by atoms with van der Waals surface area (Å²) in [5, 5.41) is 5.70. The molecule has 0 atom stereocenters. The van der Waals surface area contributed by atoms with Crippen molar-refractivity contribution >= 4 is 11.6 Å². The number of methoxy groups -OCH3 is 1. The number of halogens is 1. The van der Waals surface area contributed by atoms with Crippen LogP contribution in [0.15, 0.2) is 48.5 Å². The molecule has 0 bridgehead atoms. The molecule has 2 N–H and O–H groups in total. The average Bonchev–Trinajstić information content (AvgIpc) is 2.54. The van der Waals surface area contributed by atoms with E-state index >= 15 is 0 Å². The van der Waals surface area contributed by atoms with Crippen LogP contribution in [0.1, 0.15) is 5.56 Å². The van der Waals surface area contributed by atoms with E-state index in [0.29, 0.717) is 12.2 Å². The highest BCUT2D eigenvalue weighted by atomic mass is 19.1. The Morgan fingerprint density at radius 1 is 1.18 bits per heavy atom. The molecule has 4 nitrogen and oxygen atoms in total. The molecule has 0 saturated carbocycles. The van der Waals surface area contributed by atoms with Crippen LogP contribution in [0, 0.1) is 5.82 Å². The molecule has 0 spiro atoms. The summed E-state index contributed by atoms with van der Waals surface area (Å²) in [5.74, 6) is 0.356. The van der Waals surface area contributed by atoms with Crippen LogP contribution < -0.4 is 15.4 Å². The summed E-state index contributed by atoms with van der Waals surface area (Å²) in [7, 11) is 1.63. The molecule has 116 valence electrons. The van der Waals surface area contributed by atoms with Crippen LogP contribution in [0.3, 0.4) is 0 Å². The van der Waals surface area contributed by atoms with Crippen LogP contribution in [0.5, 0.6) is 5.75 Å². The van der Waals surface area contributed by atoms with Gasteiger partial charge in [0.15, 0.2) is 0 Å². The van der Waals surface area contributed by atoms with Crippen LogP contribution in [0.4, 0.5) is 10.1 Å². The second-order valence-corrected chi connectivity index (χ2v) is 4.81. The summed E-state index contributed by atoms with van der Waals surface area (Å²) in [6.45, 7) is 0.669. The van der Waals surface area contributed by atoms with Gasteiger partial charge in [-0.1, -0.05) is 18.2 Å². The van der Waals surface area contributed by atoms with Crippen molar-refractivity contribution in [2.45, 2.75) is 6.42 Å². The maximum absolute atomic E-state index is 13.0. The van der Waals surface area contributed by atoms with Crippen LogP contribution in [0.25, 0.3) is 0 Å². The summed E-state index contributed by atoms with van der Waals surface area (Å²) in [4.78, 5) is 11.7. The van der Waals surface area contributed by atoms with Gasteiger partial charge in [0.25, 0.3) is 0 Å². The molecule has 1 amide bonds. The van der Waals surface area contributed by atoms with Gasteiger partial charge in [-0.3, -0.25) is 4.79 Å². The van der Waals surface area contributed by atoms with Gasteiger partial charge in [-0.25, -0.2) is 4.39 Å². The summed E-state index contributed by atoms with van der Waals surface area (Å²) in [5.41, 5.74) is 1.71. The second kappa shape index (κ2) is 8.02. The second-order valence-electron chi connectivity index (χ2n) is 4.81. The highest BCUT2D eigenvalue weighted by Gasteiger charge is 2.02. The smallest absolute Gasteiger partial charge is 0.239 e. The predicted octanol–water partition coefficient (Wildman–Crippen LogP) is 2.61. The van der Waals surface area contributed by atoms with Crippen LogP contribution in [-0.2, 0) is 11.2 Å². The Morgan fingerprint density at radius 2 is 1.95 bits per heavy atom. The van der Waals surface area contributed by atoms with Gasteiger partial charge in [0, 0.05) is 12.2 Å². The molecular formula is C17H19FN2O2. The maximum Gasteiger partial charge on any atom is 0.239 e. The number of carbonyl (C=O) groups is 1. The minimum absolute atomic E-state index is 0.117. The molecule has 5 heteroatoms. The van der Waals surface area contributed by atoms with Crippen LogP contribution in [0.2, 0.25) is 0 Å². The summed E-state index contributed by atoms with van der Waals surface area (Å²) in [6.07, 6.45) is 0.746. The number of benzene rings is 2. The van der Waals surface area contributed by atoms with Crippen molar-refractivity contribution in [3.63, 3.8) is 0 Å². The van der Waals surface area contributed by atoms with E-state index in [1.165, 1.54) is 12.1 Å². The Morgan fingerprint density at radius 3 is 2.64 bits per heavy atom. The van der Waals surface area contributed by atoms with Crippen molar-refractivity contribution in [2.24, 2.45) is 0 Å². The first-order valence-electron chi connectivity index (χ1n) is 7.06. The van der Waals surface area contributed by atoms with E-state index in [1.807, 2.05) is 24.3 Å². The third kappa shape index (κ3) is 5.09. The predicted molar refractivity (Wildman–Crippen MR) is 84.6 cm³/mol. The van der Waals surface area contributed by atoms with Gasteiger partial charge in [-0.2, -0.15) is 0 Å². The lowest BCUT2D eigenvalue weighted by atomic mass is 10.1. The highest BCUT2D eigenvalue weighted by molar-refractivity contribution is 5.80. The largest absolute Gasteiger partial charge is 0.497 e. The molecule has 0 aliphatic heterocycles. The van der Waals surface area contributed by atoms with Crippen molar-refractivity contribution in [2.75, 3.05) is 25.5 Å². The minimum atomic E-state index is -0.329. The van der Waals surface area contributed by atoms with E-state index in [9.17, 15) is 9.18 Å². The zero-order valence-electron chi connectivity index (χ0n) is 12.4. The molecule has 2 aromatic carbocycles. The molecular weight excluding hydrogens is 283 g/mol. The van der Waals surface area contributed by atoms with Crippen molar-refractivity contribution in [3.05, 3.63) is 59.9 Å².